The summed E-state index contributed by atoms with van der Waals surface area (Å²) in [5, 5.41) is 3.50. The van der Waals surface area contributed by atoms with Crippen LogP contribution in [0.5, 0.6) is 0 Å². The van der Waals surface area contributed by atoms with E-state index < -0.39 is 0 Å². The third-order valence-corrected chi connectivity index (χ3v) is 1.97. The summed E-state index contributed by atoms with van der Waals surface area (Å²) in [6, 6.07) is 10.0. The smallest absolute Gasteiger partial charge is 0.123 e. The van der Waals surface area contributed by atoms with Gasteiger partial charge < -0.3 is 10.2 Å². The molecule has 0 radical (unpaired) electrons. The number of hydrogen-bond donors (Lipinski definition) is 1. The van der Waals surface area contributed by atoms with Crippen LogP contribution in [0.25, 0.3) is 0 Å². The maximum Gasteiger partial charge on any atom is 0.123 e. The Bertz CT molecular complexity index is 343. The van der Waals surface area contributed by atoms with E-state index >= 15 is 0 Å². The molecule has 0 fully saturated rings. The number of para-hydroxylation sites is 1. The molecule has 0 aliphatic carbocycles. The van der Waals surface area contributed by atoms with Gasteiger partial charge >= 0.3 is 0 Å². The van der Waals surface area contributed by atoms with Gasteiger partial charge in [0.15, 0.2) is 0 Å². The van der Waals surface area contributed by atoms with E-state index in [9.17, 15) is 0 Å². The first-order valence-electron chi connectivity index (χ1n) is 4.00. The van der Waals surface area contributed by atoms with E-state index in [1.807, 2.05) is 47.6 Å². The molecule has 1 aromatic carbocycles. The highest BCUT2D eigenvalue weighted by Crippen LogP contribution is 2.17. The molecule has 1 aliphatic heterocycles. The molecule has 1 aliphatic rings. The molecule has 1 N–H and O–H groups in total. The van der Waals surface area contributed by atoms with E-state index in [4.69, 9.17) is 11.6 Å². The number of nitrogens with zero attached hydrogens (tertiary/aromatic N) is 1. The summed E-state index contributed by atoms with van der Waals surface area (Å²) in [6.45, 7) is 0. The monoisotopic (exact) mass is 192 g/mol. The van der Waals surface area contributed by atoms with Crippen LogP contribution in [0, 0.1) is 0 Å². The van der Waals surface area contributed by atoms with Crippen LogP contribution >= 0.6 is 11.6 Å². The van der Waals surface area contributed by atoms with Crippen molar-refractivity contribution in [1.29, 1.82) is 0 Å². The zero-order chi connectivity index (χ0) is 9.10. The van der Waals surface area contributed by atoms with E-state index in [-0.39, 0.29) is 0 Å². The van der Waals surface area contributed by atoms with Crippen LogP contribution in [-0.4, -0.2) is 0 Å². The summed E-state index contributed by atoms with van der Waals surface area (Å²) in [7, 11) is 0. The molecule has 2 rings (SSSR count). The van der Waals surface area contributed by atoms with Gasteiger partial charge in [0.05, 0.1) is 0 Å². The molecule has 0 amide bonds. The molecule has 3 heteroatoms. The highest BCUT2D eigenvalue weighted by molar-refractivity contribution is 6.29. The van der Waals surface area contributed by atoms with Crippen molar-refractivity contribution in [2.24, 2.45) is 0 Å². The lowest BCUT2D eigenvalue weighted by Gasteiger charge is -2.19. The molecule has 0 atom stereocenters. The Morgan fingerprint density at radius 3 is 2.62 bits per heavy atom. The molecular weight excluding hydrogens is 184 g/mol. The summed E-state index contributed by atoms with van der Waals surface area (Å²) >= 11 is 5.82. The Morgan fingerprint density at radius 1 is 1.15 bits per heavy atom. The van der Waals surface area contributed by atoms with E-state index in [1.54, 1.807) is 6.20 Å². The van der Waals surface area contributed by atoms with Gasteiger partial charge in [0.1, 0.15) is 5.16 Å². The van der Waals surface area contributed by atoms with Gasteiger partial charge in [-0.3, -0.25) is 0 Å². The van der Waals surface area contributed by atoms with Crippen LogP contribution in [0.3, 0.4) is 0 Å². The second-order valence-corrected chi connectivity index (χ2v) is 3.09. The molecule has 0 spiro atoms. The number of benzene rings is 1. The van der Waals surface area contributed by atoms with Gasteiger partial charge in [-0.1, -0.05) is 29.8 Å². The minimum Gasteiger partial charge on any atom is -0.350 e. The fourth-order valence-corrected chi connectivity index (χ4v) is 1.33. The first-order valence-corrected chi connectivity index (χ1v) is 4.38. The molecular formula is C10H9ClN2. The Balaban J connectivity index is 2.27. The molecule has 0 unspecified atom stereocenters. The lowest BCUT2D eigenvalue weighted by atomic mass is 10.3. The van der Waals surface area contributed by atoms with Gasteiger partial charge in [-0.25, -0.2) is 0 Å². The van der Waals surface area contributed by atoms with E-state index in [0.29, 0.717) is 5.16 Å². The number of nitrogens with one attached hydrogen (secondary N) is 1. The maximum absolute atomic E-state index is 5.82. The molecule has 0 saturated carbocycles. The topological polar surface area (TPSA) is 15.3 Å². The zero-order valence-electron chi connectivity index (χ0n) is 6.94. The van der Waals surface area contributed by atoms with Crippen LogP contribution in [0.2, 0.25) is 0 Å². The second kappa shape index (κ2) is 3.54. The van der Waals surface area contributed by atoms with Gasteiger partial charge in [0.2, 0.25) is 0 Å². The summed E-state index contributed by atoms with van der Waals surface area (Å²) in [4.78, 5) is 1.96. The normalized spacial score (nSPS) is 15.2. The Hall–Kier alpha value is -1.41. The molecule has 1 heterocycles. The highest BCUT2D eigenvalue weighted by atomic mass is 35.5. The lowest BCUT2D eigenvalue weighted by Crippen LogP contribution is -2.16. The van der Waals surface area contributed by atoms with Crippen LogP contribution in [0.1, 0.15) is 0 Å². The average molecular weight is 193 g/mol. The van der Waals surface area contributed by atoms with Gasteiger partial charge in [0.25, 0.3) is 0 Å². The van der Waals surface area contributed by atoms with Crippen molar-refractivity contribution < 1.29 is 0 Å². The lowest BCUT2D eigenvalue weighted by molar-refractivity contribution is 1.07. The molecule has 66 valence electrons. The van der Waals surface area contributed by atoms with E-state index in [1.165, 1.54) is 0 Å². The van der Waals surface area contributed by atoms with E-state index in [0.717, 1.165) is 5.69 Å². The second-order valence-electron chi connectivity index (χ2n) is 2.68. The van der Waals surface area contributed by atoms with Gasteiger partial charge in [-0.05, 0) is 12.1 Å². The van der Waals surface area contributed by atoms with Crippen LogP contribution in [-0.2, 0) is 0 Å². The first-order chi connectivity index (χ1) is 6.36. The molecule has 0 saturated heterocycles. The van der Waals surface area contributed by atoms with E-state index in [2.05, 4.69) is 5.32 Å². The SMILES string of the molecule is ClC1=CN(c2ccccc2)C=CN1. The van der Waals surface area contributed by atoms with Gasteiger partial charge in [-0.15, -0.1) is 0 Å². The Kier molecular flexibility index (Phi) is 2.23. The predicted molar refractivity (Wildman–Crippen MR) is 55.1 cm³/mol. The van der Waals surface area contributed by atoms with Crippen molar-refractivity contribution >= 4 is 17.3 Å². The standard InChI is InChI=1S/C10H9ClN2/c11-10-8-13(7-6-12-10)9-4-2-1-3-5-9/h1-8,12H. The van der Waals surface area contributed by atoms with Crippen molar-refractivity contribution in [3.8, 4) is 0 Å². The maximum atomic E-state index is 5.82. The predicted octanol–water partition coefficient (Wildman–Crippen LogP) is 2.61. The van der Waals surface area contributed by atoms with Crippen molar-refractivity contribution in [2.45, 2.75) is 0 Å². The minimum absolute atomic E-state index is 0.617. The zero-order valence-corrected chi connectivity index (χ0v) is 7.70. The number of anilines is 1. The number of rotatable bonds is 1. The summed E-state index contributed by atoms with van der Waals surface area (Å²) in [6.07, 6.45) is 5.55. The first kappa shape index (κ1) is 8.20. The number of hydrogen-bond acceptors (Lipinski definition) is 2. The third kappa shape index (κ3) is 1.84. The third-order valence-electron chi connectivity index (χ3n) is 1.76. The van der Waals surface area contributed by atoms with Crippen LogP contribution < -0.4 is 10.2 Å². The molecule has 1 aromatic rings. The van der Waals surface area contributed by atoms with Crippen molar-refractivity contribution in [1.82, 2.24) is 5.32 Å². The summed E-state index contributed by atoms with van der Waals surface area (Å²) in [5.41, 5.74) is 1.10. The average Bonchev–Trinajstić information content (AvgIpc) is 2.19. The van der Waals surface area contributed by atoms with Crippen LogP contribution in [0.4, 0.5) is 5.69 Å². The summed E-state index contributed by atoms with van der Waals surface area (Å²) in [5.74, 6) is 0. The van der Waals surface area contributed by atoms with Crippen molar-refractivity contribution in [3.63, 3.8) is 0 Å². The van der Waals surface area contributed by atoms with Gasteiger partial charge in [0, 0.05) is 24.3 Å². The fourth-order valence-electron chi connectivity index (χ4n) is 1.16. The summed E-state index contributed by atoms with van der Waals surface area (Å²) < 4.78 is 0. The van der Waals surface area contributed by atoms with Crippen molar-refractivity contribution in [3.05, 3.63) is 54.1 Å². The Morgan fingerprint density at radius 2 is 1.92 bits per heavy atom. The molecule has 0 aromatic heterocycles. The highest BCUT2D eigenvalue weighted by Gasteiger charge is 2.03. The fraction of sp³-hybridized carbons (Fsp3) is 0. The largest absolute Gasteiger partial charge is 0.350 e. The molecule has 2 nitrogen and oxygen atoms in total. The molecule has 0 bridgehead atoms. The minimum atomic E-state index is 0.617. The van der Waals surface area contributed by atoms with Gasteiger partial charge in [-0.2, -0.15) is 0 Å². The Labute approximate surface area is 82.1 Å². The van der Waals surface area contributed by atoms with Crippen LogP contribution in [0.15, 0.2) is 54.1 Å². The molecule has 13 heavy (non-hydrogen) atoms. The van der Waals surface area contributed by atoms with Crippen molar-refractivity contribution in [2.75, 3.05) is 4.90 Å². The quantitative estimate of drug-likeness (QED) is 0.689. The number of halogens is 1.